The van der Waals surface area contributed by atoms with Gasteiger partial charge in [-0.05, 0) is 36.2 Å². The van der Waals surface area contributed by atoms with Gasteiger partial charge in [0.15, 0.2) is 0 Å². The van der Waals surface area contributed by atoms with Crippen molar-refractivity contribution in [3.05, 3.63) is 53.7 Å². The smallest absolute Gasteiger partial charge is 0.417 e. The molecular weight excluding hydrogens is 315 g/mol. The van der Waals surface area contributed by atoms with Gasteiger partial charge in [-0.3, -0.25) is 4.21 Å². The molecule has 0 saturated heterocycles. The molecule has 2 rings (SSSR count). The summed E-state index contributed by atoms with van der Waals surface area (Å²) < 4.78 is 54.4. The van der Waals surface area contributed by atoms with Crippen LogP contribution in [0.15, 0.2) is 47.6 Å². The van der Waals surface area contributed by atoms with E-state index in [1.54, 1.807) is 19.2 Å². The lowest BCUT2D eigenvalue weighted by Crippen LogP contribution is -2.08. The second-order valence-corrected chi connectivity index (χ2v) is 6.05. The SMILES string of the molecule is COc1ccc(CCS(=O)c2ccc(C(F)(F)F)cn2)cc1. The number of alkyl halides is 3. The van der Waals surface area contributed by atoms with Gasteiger partial charge in [-0.25, -0.2) is 4.98 Å². The Balaban J connectivity index is 1.97. The quantitative estimate of drug-likeness (QED) is 0.843. The van der Waals surface area contributed by atoms with Crippen molar-refractivity contribution in [3.63, 3.8) is 0 Å². The Morgan fingerprint density at radius 1 is 1.14 bits per heavy atom. The van der Waals surface area contributed by atoms with Crippen LogP contribution in [0.3, 0.4) is 0 Å². The second-order valence-electron chi connectivity index (χ2n) is 4.53. The number of rotatable bonds is 5. The first kappa shape index (κ1) is 16.5. The zero-order valence-corrected chi connectivity index (χ0v) is 12.6. The first-order valence-corrected chi connectivity index (χ1v) is 7.76. The fraction of sp³-hybridized carbons (Fsp3) is 0.267. The molecule has 0 aliphatic carbocycles. The van der Waals surface area contributed by atoms with Crippen molar-refractivity contribution in [2.45, 2.75) is 17.6 Å². The molecule has 0 radical (unpaired) electrons. The number of aryl methyl sites for hydroxylation is 1. The first-order valence-electron chi connectivity index (χ1n) is 6.44. The maximum atomic E-state index is 12.4. The van der Waals surface area contributed by atoms with Crippen LogP contribution < -0.4 is 4.74 Å². The Bertz CT molecular complexity index is 639. The standard InChI is InChI=1S/C15H14F3NO2S/c1-21-13-5-2-11(3-6-13)8-9-22(20)14-7-4-12(10-19-14)15(16,17)18/h2-7,10H,8-9H2,1H3. The monoisotopic (exact) mass is 329 g/mol. The van der Waals surface area contributed by atoms with Crippen molar-refractivity contribution in [1.29, 1.82) is 0 Å². The van der Waals surface area contributed by atoms with Crippen LogP contribution >= 0.6 is 0 Å². The predicted molar refractivity (Wildman–Crippen MR) is 77.2 cm³/mol. The van der Waals surface area contributed by atoms with Gasteiger partial charge in [0.25, 0.3) is 0 Å². The molecule has 22 heavy (non-hydrogen) atoms. The third-order valence-corrected chi connectivity index (χ3v) is 4.32. The van der Waals surface area contributed by atoms with Crippen molar-refractivity contribution in [3.8, 4) is 5.75 Å². The van der Waals surface area contributed by atoms with Gasteiger partial charge >= 0.3 is 6.18 Å². The predicted octanol–water partition coefficient (Wildman–Crippen LogP) is 3.46. The van der Waals surface area contributed by atoms with Gasteiger partial charge in [0.1, 0.15) is 10.8 Å². The number of nitrogens with zero attached hydrogens (tertiary/aromatic N) is 1. The molecule has 7 heteroatoms. The highest BCUT2D eigenvalue weighted by Gasteiger charge is 2.30. The highest BCUT2D eigenvalue weighted by Crippen LogP contribution is 2.28. The van der Waals surface area contributed by atoms with Gasteiger partial charge in [-0.1, -0.05) is 12.1 Å². The molecule has 0 N–H and O–H groups in total. The van der Waals surface area contributed by atoms with Gasteiger partial charge in [0.05, 0.1) is 23.5 Å². The lowest BCUT2D eigenvalue weighted by Gasteiger charge is -2.07. The first-order chi connectivity index (χ1) is 10.4. The summed E-state index contributed by atoms with van der Waals surface area (Å²) in [6, 6.07) is 9.37. The summed E-state index contributed by atoms with van der Waals surface area (Å²) in [5.41, 5.74) is 0.129. The van der Waals surface area contributed by atoms with E-state index in [2.05, 4.69) is 4.98 Å². The number of pyridine rings is 1. The van der Waals surface area contributed by atoms with E-state index in [0.717, 1.165) is 23.4 Å². The number of hydrogen-bond acceptors (Lipinski definition) is 3. The number of methoxy groups -OCH3 is 1. The topological polar surface area (TPSA) is 39.2 Å². The van der Waals surface area contributed by atoms with E-state index < -0.39 is 22.5 Å². The highest BCUT2D eigenvalue weighted by atomic mass is 32.2. The number of benzene rings is 1. The summed E-state index contributed by atoms with van der Waals surface area (Å²) in [5.74, 6) is 1.03. The molecule has 0 saturated carbocycles. The van der Waals surface area contributed by atoms with E-state index in [1.807, 2.05) is 12.1 Å². The molecule has 3 nitrogen and oxygen atoms in total. The second kappa shape index (κ2) is 6.91. The molecule has 0 aliphatic rings. The Morgan fingerprint density at radius 2 is 1.82 bits per heavy atom. The van der Waals surface area contributed by atoms with Crippen LogP contribution in [-0.2, 0) is 23.4 Å². The van der Waals surface area contributed by atoms with Gasteiger partial charge < -0.3 is 4.74 Å². The van der Waals surface area contributed by atoms with Crippen LogP contribution in [0.4, 0.5) is 13.2 Å². The molecule has 1 atom stereocenters. The summed E-state index contributed by atoms with van der Waals surface area (Å²) in [6.07, 6.45) is -3.18. The minimum atomic E-state index is -4.43. The molecule has 1 unspecified atom stereocenters. The molecule has 1 aromatic heterocycles. The molecule has 0 amide bonds. The number of ether oxygens (including phenoxy) is 1. The van der Waals surface area contributed by atoms with E-state index in [-0.39, 0.29) is 5.03 Å². The fourth-order valence-electron chi connectivity index (χ4n) is 1.79. The minimum absolute atomic E-state index is 0.154. The lowest BCUT2D eigenvalue weighted by atomic mass is 10.2. The molecule has 1 aromatic carbocycles. The summed E-state index contributed by atoms with van der Waals surface area (Å²) in [5, 5.41) is 0.154. The van der Waals surface area contributed by atoms with Crippen LogP contribution in [0.2, 0.25) is 0 Å². The zero-order valence-electron chi connectivity index (χ0n) is 11.8. The third-order valence-electron chi connectivity index (χ3n) is 3.03. The average Bonchev–Trinajstić information content (AvgIpc) is 2.52. The Hall–Kier alpha value is -1.89. The van der Waals surface area contributed by atoms with Gasteiger partial charge in [-0.15, -0.1) is 0 Å². The molecule has 1 heterocycles. The Labute approximate surface area is 128 Å². The maximum Gasteiger partial charge on any atom is 0.417 e. The van der Waals surface area contributed by atoms with Crippen molar-refractivity contribution >= 4 is 10.8 Å². The minimum Gasteiger partial charge on any atom is -0.497 e. The number of hydrogen-bond donors (Lipinski definition) is 0. The Morgan fingerprint density at radius 3 is 2.32 bits per heavy atom. The molecule has 0 aliphatic heterocycles. The number of halogens is 3. The van der Waals surface area contributed by atoms with E-state index in [9.17, 15) is 17.4 Å². The van der Waals surface area contributed by atoms with E-state index >= 15 is 0 Å². The summed E-state index contributed by atoms with van der Waals surface area (Å²) >= 11 is 0. The van der Waals surface area contributed by atoms with E-state index in [0.29, 0.717) is 18.4 Å². The number of aromatic nitrogens is 1. The fourth-order valence-corrected chi connectivity index (χ4v) is 2.81. The van der Waals surface area contributed by atoms with Crippen molar-refractivity contribution < 1.29 is 22.1 Å². The summed E-state index contributed by atoms with van der Waals surface area (Å²) in [6.45, 7) is 0. The molecule has 0 bridgehead atoms. The average molecular weight is 329 g/mol. The van der Waals surface area contributed by atoms with Crippen LogP contribution in [-0.4, -0.2) is 22.1 Å². The van der Waals surface area contributed by atoms with Crippen LogP contribution in [0, 0.1) is 0 Å². The largest absolute Gasteiger partial charge is 0.497 e. The van der Waals surface area contributed by atoms with Crippen molar-refractivity contribution in [2.24, 2.45) is 0 Å². The van der Waals surface area contributed by atoms with Gasteiger partial charge in [0, 0.05) is 11.9 Å². The van der Waals surface area contributed by atoms with E-state index in [4.69, 9.17) is 4.74 Å². The van der Waals surface area contributed by atoms with Crippen molar-refractivity contribution in [1.82, 2.24) is 4.98 Å². The molecule has 0 fully saturated rings. The maximum absolute atomic E-state index is 12.4. The van der Waals surface area contributed by atoms with E-state index in [1.165, 1.54) is 0 Å². The zero-order chi connectivity index (χ0) is 16.2. The summed E-state index contributed by atoms with van der Waals surface area (Å²) in [7, 11) is 0.134. The van der Waals surface area contributed by atoms with Gasteiger partial charge in [-0.2, -0.15) is 13.2 Å². The molecule has 118 valence electrons. The van der Waals surface area contributed by atoms with Crippen LogP contribution in [0.5, 0.6) is 5.75 Å². The normalized spacial score (nSPS) is 12.9. The molecule has 2 aromatic rings. The summed E-state index contributed by atoms with van der Waals surface area (Å²) in [4.78, 5) is 3.64. The third kappa shape index (κ3) is 4.30. The lowest BCUT2D eigenvalue weighted by molar-refractivity contribution is -0.137. The van der Waals surface area contributed by atoms with Crippen molar-refractivity contribution in [2.75, 3.05) is 12.9 Å². The molecule has 0 spiro atoms. The Kier molecular flexibility index (Phi) is 5.18. The van der Waals surface area contributed by atoms with Crippen LogP contribution in [0.25, 0.3) is 0 Å². The molecular formula is C15H14F3NO2S. The van der Waals surface area contributed by atoms with Crippen LogP contribution in [0.1, 0.15) is 11.1 Å². The van der Waals surface area contributed by atoms with Gasteiger partial charge in [0.2, 0.25) is 0 Å². The highest BCUT2D eigenvalue weighted by molar-refractivity contribution is 7.84.